The van der Waals surface area contributed by atoms with Gasteiger partial charge in [-0.3, -0.25) is 4.79 Å². The molecule has 5 nitrogen and oxygen atoms in total. The number of aromatic hydroxyl groups is 1. The van der Waals surface area contributed by atoms with Crippen LogP contribution in [-0.2, 0) is 0 Å². The topological polar surface area (TPSA) is 77.8 Å². The van der Waals surface area contributed by atoms with Crippen molar-refractivity contribution in [1.29, 1.82) is 0 Å². The molecule has 2 N–H and O–H groups in total. The molecule has 0 bridgehead atoms. The Bertz CT molecular complexity index is 1010. The van der Waals surface area contributed by atoms with Crippen molar-refractivity contribution in [1.82, 2.24) is 0 Å². The van der Waals surface area contributed by atoms with E-state index in [1.807, 2.05) is 43.1 Å². The number of aryl methyl sites for hydroxylation is 1. The molecule has 27 heavy (non-hydrogen) atoms. The summed E-state index contributed by atoms with van der Waals surface area (Å²) < 4.78 is 0. The number of rotatable bonds is 5. The maximum Gasteiger partial charge on any atom is 0.336 e. The van der Waals surface area contributed by atoms with E-state index in [2.05, 4.69) is 0 Å². The summed E-state index contributed by atoms with van der Waals surface area (Å²) in [7, 11) is 1.86. The highest BCUT2D eigenvalue weighted by Crippen LogP contribution is 2.30. The molecule has 0 unspecified atom stereocenters. The van der Waals surface area contributed by atoms with Gasteiger partial charge >= 0.3 is 5.97 Å². The van der Waals surface area contributed by atoms with Crippen LogP contribution in [0.15, 0.2) is 66.7 Å². The first-order chi connectivity index (χ1) is 12.9. The Labute approximate surface area is 157 Å². The molecule has 0 fully saturated rings. The van der Waals surface area contributed by atoms with Crippen molar-refractivity contribution in [3.8, 4) is 5.75 Å². The molecule has 0 amide bonds. The maximum atomic E-state index is 12.7. The first kappa shape index (κ1) is 18.2. The van der Waals surface area contributed by atoms with Gasteiger partial charge in [-0.15, -0.1) is 0 Å². The molecule has 0 saturated carbocycles. The number of carbonyl (C=O) groups excluding carboxylic acids is 1. The fourth-order valence-electron chi connectivity index (χ4n) is 2.85. The molecule has 0 heterocycles. The summed E-state index contributed by atoms with van der Waals surface area (Å²) in [5, 5.41) is 19.7. The standard InChI is InChI=1S/C22H19NO4/c1-14-7-9-15(10-8-14)23(2)16-11-12-19(20(24)13-16)21(25)17-5-3-4-6-18(17)22(26)27/h3-13,24H,1-2H3,(H,26,27). The Hall–Kier alpha value is -3.60. The summed E-state index contributed by atoms with van der Waals surface area (Å²) in [6.45, 7) is 2.00. The quantitative estimate of drug-likeness (QED) is 0.659. The van der Waals surface area contributed by atoms with Gasteiger partial charge in [0.15, 0.2) is 5.78 Å². The lowest BCUT2D eigenvalue weighted by molar-refractivity contribution is 0.0692. The fourth-order valence-corrected chi connectivity index (χ4v) is 2.85. The number of anilines is 2. The number of hydrogen-bond donors (Lipinski definition) is 2. The molecule has 0 radical (unpaired) electrons. The van der Waals surface area contributed by atoms with Crippen LogP contribution in [0.1, 0.15) is 31.8 Å². The van der Waals surface area contributed by atoms with E-state index in [1.165, 1.54) is 24.3 Å². The number of carboxylic acid groups (broad SMARTS) is 1. The molecule has 3 rings (SSSR count). The molecule has 0 saturated heterocycles. The van der Waals surface area contributed by atoms with Gasteiger partial charge in [-0.2, -0.15) is 0 Å². The van der Waals surface area contributed by atoms with Crippen LogP contribution in [0, 0.1) is 6.92 Å². The van der Waals surface area contributed by atoms with E-state index in [0.29, 0.717) is 5.69 Å². The molecule has 0 spiro atoms. The minimum absolute atomic E-state index is 0.0416. The van der Waals surface area contributed by atoms with Gasteiger partial charge in [-0.05, 0) is 37.3 Å². The molecule has 3 aromatic rings. The van der Waals surface area contributed by atoms with Gasteiger partial charge < -0.3 is 15.1 Å². The molecule has 0 atom stereocenters. The first-order valence-corrected chi connectivity index (χ1v) is 8.39. The number of phenolic OH excluding ortho intramolecular Hbond substituents is 1. The second-order valence-corrected chi connectivity index (χ2v) is 6.28. The predicted molar refractivity (Wildman–Crippen MR) is 104 cm³/mol. The van der Waals surface area contributed by atoms with E-state index < -0.39 is 11.8 Å². The minimum Gasteiger partial charge on any atom is -0.507 e. The number of hydrogen-bond acceptors (Lipinski definition) is 4. The van der Waals surface area contributed by atoms with Gasteiger partial charge in [-0.1, -0.05) is 35.9 Å². The Morgan fingerprint density at radius 3 is 2.00 bits per heavy atom. The fraction of sp³-hybridized carbons (Fsp3) is 0.0909. The number of ketones is 1. The Morgan fingerprint density at radius 1 is 0.815 bits per heavy atom. The lowest BCUT2D eigenvalue weighted by Gasteiger charge is -2.20. The van der Waals surface area contributed by atoms with Crippen LogP contribution in [0.25, 0.3) is 0 Å². The summed E-state index contributed by atoms with van der Waals surface area (Å²) in [5.41, 5.74) is 2.80. The van der Waals surface area contributed by atoms with Crippen LogP contribution >= 0.6 is 0 Å². The molecule has 136 valence electrons. The Morgan fingerprint density at radius 2 is 1.41 bits per heavy atom. The van der Waals surface area contributed by atoms with Crippen LogP contribution in [0.4, 0.5) is 11.4 Å². The molecule has 5 heteroatoms. The SMILES string of the molecule is Cc1ccc(N(C)c2ccc(C(=O)c3ccccc3C(=O)O)c(O)c2)cc1. The third kappa shape index (κ3) is 3.67. The normalized spacial score (nSPS) is 10.4. The molecule has 0 aromatic heterocycles. The van der Waals surface area contributed by atoms with E-state index in [1.54, 1.807) is 18.2 Å². The number of phenols is 1. The van der Waals surface area contributed by atoms with Crippen molar-refractivity contribution in [2.45, 2.75) is 6.92 Å². The van der Waals surface area contributed by atoms with Crippen molar-refractivity contribution in [2.75, 3.05) is 11.9 Å². The predicted octanol–water partition coefficient (Wildman–Crippen LogP) is 4.40. The average Bonchev–Trinajstić information content (AvgIpc) is 2.67. The number of aromatic carboxylic acids is 1. The summed E-state index contributed by atoms with van der Waals surface area (Å²) >= 11 is 0. The third-order valence-electron chi connectivity index (χ3n) is 4.44. The van der Waals surface area contributed by atoms with Gasteiger partial charge in [0.25, 0.3) is 0 Å². The molecule has 0 aliphatic heterocycles. The minimum atomic E-state index is -1.19. The number of carbonyl (C=O) groups is 2. The maximum absolute atomic E-state index is 12.7. The lowest BCUT2D eigenvalue weighted by Crippen LogP contribution is -2.12. The van der Waals surface area contributed by atoms with Crippen LogP contribution in [0.2, 0.25) is 0 Å². The zero-order valence-electron chi connectivity index (χ0n) is 15.0. The third-order valence-corrected chi connectivity index (χ3v) is 4.44. The molecule has 3 aromatic carbocycles. The van der Waals surface area contributed by atoms with E-state index in [0.717, 1.165) is 11.3 Å². The molecule has 0 aliphatic carbocycles. The van der Waals surface area contributed by atoms with Crippen LogP contribution in [0.5, 0.6) is 5.75 Å². The van der Waals surface area contributed by atoms with Gasteiger partial charge in [0.05, 0.1) is 11.1 Å². The Kier molecular flexibility index (Phi) is 4.94. The highest BCUT2D eigenvalue weighted by molar-refractivity contribution is 6.15. The molecule has 0 aliphatic rings. The van der Waals surface area contributed by atoms with Crippen LogP contribution < -0.4 is 4.90 Å². The van der Waals surface area contributed by atoms with E-state index in [9.17, 15) is 19.8 Å². The number of carboxylic acids is 1. The zero-order valence-corrected chi connectivity index (χ0v) is 15.0. The van der Waals surface area contributed by atoms with Gasteiger partial charge in [0.2, 0.25) is 0 Å². The van der Waals surface area contributed by atoms with Crippen molar-refractivity contribution >= 4 is 23.1 Å². The zero-order chi connectivity index (χ0) is 19.6. The van der Waals surface area contributed by atoms with Crippen molar-refractivity contribution in [2.24, 2.45) is 0 Å². The van der Waals surface area contributed by atoms with Gasteiger partial charge in [-0.25, -0.2) is 4.79 Å². The first-order valence-electron chi connectivity index (χ1n) is 8.39. The van der Waals surface area contributed by atoms with Crippen LogP contribution in [-0.4, -0.2) is 29.0 Å². The van der Waals surface area contributed by atoms with Crippen molar-refractivity contribution in [3.05, 3.63) is 89.0 Å². The highest BCUT2D eigenvalue weighted by atomic mass is 16.4. The van der Waals surface area contributed by atoms with E-state index >= 15 is 0 Å². The molecular formula is C22H19NO4. The van der Waals surface area contributed by atoms with E-state index in [-0.39, 0.29) is 22.4 Å². The highest BCUT2D eigenvalue weighted by Gasteiger charge is 2.20. The lowest BCUT2D eigenvalue weighted by atomic mass is 9.97. The smallest absolute Gasteiger partial charge is 0.336 e. The van der Waals surface area contributed by atoms with E-state index in [4.69, 9.17) is 0 Å². The summed E-state index contributed by atoms with van der Waals surface area (Å²) in [4.78, 5) is 26.0. The summed E-state index contributed by atoms with van der Waals surface area (Å²) in [6.07, 6.45) is 0. The second-order valence-electron chi connectivity index (χ2n) is 6.28. The Balaban J connectivity index is 1.94. The summed E-state index contributed by atoms with van der Waals surface area (Å²) in [5.74, 6) is -1.92. The van der Waals surface area contributed by atoms with Crippen LogP contribution in [0.3, 0.4) is 0 Å². The second kappa shape index (κ2) is 7.33. The largest absolute Gasteiger partial charge is 0.507 e. The monoisotopic (exact) mass is 361 g/mol. The van der Waals surface area contributed by atoms with Crippen molar-refractivity contribution < 1.29 is 19.8 Å². The average molecular weight is 361 g/mol. The number of benzene rings is 3. The number of nitrogens with zero attached hydrogens (tertiary/aromatic N) is 1. The molecular weight excluding hydrogens is 342 g/mol. The van der Waals surface area contributed by atoms with Gasteiger partial charge in [0, 0.05) is 30.1 Å². The van der Waals surface area contributed by atoms with Crippen molar-refractivity contribution in [3.63, 3.8) is 0 Å². The van der Waals surface area contributed by atoms with Gasteiger partial charge in [0.1, 0.15) is 5.75 Å². The summed E-state index contributed by atoms with van der Waals surface area (Å²) in [6, 6.07) is 18.6.